The Bertz CT molecular complexity index is 635. The maximum atomic E-state index is 13.4. The summed E-state index contributed by atoms with van der Waals surface area (Å²) in [7, 11) is 1.75. The first-order chi connectivity index (χ1) is 9.06. The molecular weight excluding hydrogens is 249 g/mol. The number of halogens is 1. The van der Waals surface area contributed by atoms with Gasteiger partial charge in [-0.2, -0.15) is 5.10 Å². The van der Waals surface area contributed by atoms with Crippen LogP contribution in [0.4, 0.5) is 10.1 Å². The number of nitrogens with one attached hydrogen (secondary N) is 1. The zero-order valence-electron chi connectivity index (χ0n) is 10.2. The SMILES string of the molecule is Cn1nccc1/C=C/C(=O)Nc1ccc(O)cc1F. The number of anilines is 1. The van der Waals surface area contributed by atoms with Gasteiger partial charge in [0.05, 0.1) is 11.4 Å². The third-order valence-corrected chi connectivity index (χ3v) is 2.47. The fourth-order valence-corrected chi connectivity index (χ4v) is 1.49. The summed E-state index contributed by atoms with van der Waals surface area (Å²) in [5, 5.41) is 15.4. The van der Waals surface area contributed by atoms with Crippen molar-refractivity contribution in [3.05, 3.63) is 48.0 Å². The van der Waals surface area contributed by atoms with Crippen LogP contribution >= 0.6 is 0 Å². The molecule has 0 bridgehead atoms. The summed E-state index contributed by atoms with van der Waals surface area (Å²) in [4.78, 5) is 11.6. The quantitative estimate of drug-likeness (QED) is 0.655. The summed E-state index contributed by atoms with van der Waals surface area (Å²) in [5.41, 5.74) is 0.763. The maximum Gasteiger partial charge on any atom is 0.248 e. The van der Waals surface area contributed by atoms with Gasteiger partial charge in [0.25, 0.3) is 0 Å². The first-order valence-corrected chi connectivity index (χ1v) is 5.52. The molecule has 6 heteroatoms. The van der Waals surface area contributed by atoms with Crippen molar-refractivity contribution in [2.24, 2.45) is 7.05 Å². The second kappa shape index (κ2) is 5.34. The van der Waals surface area contributed by atoms with E-state index in [1.807, 2.05) is 0 Å². The van der Waals surface area contributed by atoms with E-state index in [2.05, 4.69) is 10.4 Å². The number of carbonyl (C=O) groups is 1. The highest BCUT2D eigenvalue weighted by molar-refractivity contribution is 6.01. The van der Waals surface area contributed by atoms with Gasteiger partial charge in [0.15, 0.2) is 0 Å². The fourth-order valence-electron chi connectivity index (χ4n) is 1.49. The zero-order chi connectivity index (χ0) is 13.8. The van der Waals surface area contributed by atoms with Gasteiger partial charge in [-0.1, -0.05) is 0 Å². The average molecular weight is 261 g/mol. The van der Waals surface area contributed by atoms with E-state index in [-0.39, 0.29) is 11.4 Å². The van der Waals surface area contributed by atoms with Gasteiger partial charge in [0, 0.05) is 25.4 Å². The Kier molecular flexibility index (Phi) is 3.61. The van der Waals surface area contributed by atoms with Gasteiger partial charge in [-0.25, -0.2) is 4.39 Å². The van der Waals surface area contributed by atoms with Crippen molar-refractivity contribution in [1.29, 1.82) is 0 Å². The molecule has 0 atom stereocenters. The first kappa shape index (κ1) is 12.8. The van der Waals surface area contributed by atoms with Crippen LogP contribution in [0.15, 0.2) is 36.5 Å². The van der Waals surface area contributed by atoms with Crippen molar-refractivity contribution in [1.82, 2.24) is 9.78 Å². The number of aromatic nitrogens is 2. The number of aromatic hydroxyl groups is 1. The molecule has 19 heavy (non-hydrogen) atoms. The number of aryl methyl sites for hydroxylation is 1. The Morgan fingerprint density at radius 1 is 1.47 bits per heavy atom. The van der Waals surface area contributed by atoms with E-state index in [9.17, 15) is 9.18 Å². The molecule has 0 saturated carbocycles. The minimum atomic E-state index is -0.692. The van der Waals surface area contributed by atoms with Gasteiger partial charge in [0.2, 0.25) is 5.91 Å². The topological polar surface area (TPSA) is 67.2 Å². The number of hydrogen-bond donors (Lipinski definition) is 2. The highest BCUT2D eigenvalue weighted by Gasteiger charge is 2.05. The summed E-state index contributed by atoms with van der Waals surface area (Å²) in [6, 6.07) is 5.26. The largest absolute Gasteiger partial charge is 0.508 e. The molecule has 0 aliphatic rings. The summed E-state index contributed by atoms with van der Waals surface area (Å²) < 4.78 is 15.0. The monoisotopic (exact) mass is 261 g/mol. The van der Waals surface area contributed by atoms with Crippen LogP contribution in [0.3, 0.4) is 0 Å². The predicted octanol–water partition coefficient (Wildman–Crippen LogP) is 1.92. The molecule has 2 N–H and O–H groups in total. The average Bonchev–Trinajstić information content (AvgIpc) is 2.76. The normalized spacial score (nSPS) is 10.8. The maximum absolute atomic E-state index is 13.4. The van der Waals surface area contributed by atoms with E-state index in [1.165, 1.54) is 18.2 Å². The summed E-state index contributed by atoms with van der Waals surface area (Å²) in [5.74, 6) is -1.35. The second-order valence-electron chi connectivity index (χ2n) is 3.87. The van der Waals surface area contributed by atoms with Crippen molar-refractivity contribution in [3.8, 4) is 5.75 Å². The van der Waals surface area contributed by atoms with E-state index in [0.717, 1.165) is 11.8 Å². The molecule has 0 saturated heterocycles. The van der Waals surface area contributed by atoms with Crippen LogP contribution < -0.4 is 5.32 Å². The lowest BCUT2D eigenvalue weighted by Gasteiger charge is -2.03. The third-order valence-electron chi connectivity index (χ3n) is 2.47. The number of phenolic OH excluding ortho intramolecular Hbond substituents is 1. The predicted molar refractivity (Wildman–Crippen MR) is 68.9 cm³/mol. The Hall–Kier alpha value is -2.63. The fraction of sp³-hybridized carbons (Fsp3) is 0.0769. The standard InChI is InChI=1S/C13H12FN3O2/c1-17-9(6-7-15-17)2-5-13(19)16-12-4-3-10(18)8-11(12)14/h2-8,18H,1H3,(H,16,19)/b5-2+. The number of benzene rings is 1. The van der Waals surface area contributed by atoms with Crippen LogP contribution in [0.1, 0.15) is 5.69 Å². The van der Waals surface area contributed by atoms with Crippen LogP contribution in [0.5, 0.6) is 5.75 Å². The Balaban J connectivity index is 2.05. The van der Waals surface area contributed by atoms with Crippen molar-refractivity contribution in [3.63, 3.8) is 0 Å². The van der Waals surface area contributed by atoms with Gasteiger partial charge < -0.3 is 10.4 Å². The molecule has 0 unspecified atom stereocenters. The molecule has 0 fully saturated rings. The van der Waals surface area contributed by atoms with Crippen LogP contribution in [0.25, 0.3) is 6.08 Å². The van der Waals surface area contributed by atoms with Gasteiger partial charge in [-0.15, -0.1) is 0 Å². The highest BCUT2D eigenvalue weighted by atomic mass is 19.1. The van der Waals surface area contributed by atoms with Crippen LogP contribution in [-0.2, 0) is 11.8 Å². The van der Waals surface area contributed by atoms with Gasteiger partial charge in [-0.05, 0) is 24.3 Å². The molecule has 5 nitrogen and oxygen atoms in total. The molecular formula is C13H12FN3O2. The molecule has 0 aliphatic carbocycles. The molecule has 1 amide bonds. The van der Waals surface area contributed by atoms with Crippen molar-refractivity contribution in [2.75, 3.05) is 5.32 Å². The molecule has 0 spiro atoms. The van der Waals surface area contributed by atoms with E-state index < -0.39 is 11.7 Å². The number of amides is 1. The summed E-state index contributed by atoms with van der Waals surface area (Å²) in [6.45, 7) is 0. The molecule has 1 aromatic carbocycles. The number of nitrogens with zero attached hydrogens (tertiary/aromatic N) is 2. The van der Waals surface area contributed by atoms with E-state index >= 15 is 0 Å². The van der Waals surface area contributed by atoms with E-state index in [4.69, 9.17) is 5.11 Å². The lowest BCUT2D eigenvalue weighted by Crippen LogP contribution is -2.09. The number of rotatable bonds is 3. The second-order valence-corrected chi connectivity index (χ2v) is 3.87. The van der Waals surface area contributed by atoms with Gasteiger partial charge >= 0.3 is 0 Å². The highest BCUT2D eigenvalue weighted by Crippen LogP contribution is 2.19. The van der Waals surface area contributed by atoms with Crippen LogP contribution in [0.2, 0.25) is 0 Å². The number of carbonyl (C=O) groups excluding carboxylic acids is 1. The van der Waals surface area contributed by atoms with Gasteiger partial charge in [-0.3, -0.25) is 9.48 Å². The smallest absolute Gasteiger partial charge is 0.248 e. The minimum absolute atomic E-state index is 0.0115. The molecule has 0 radical (unpaired) electrons. The molecule has 1 heterocycles. The van der Waals surface area contributed by atoms with Crippen LogP contribution in [0, 0.1) is 5.82 Å². The Morgan fingerprint density at radius 2 is 2.26 bits per heavy atom. The summed E-state index contributed by atoms with van der Waals surface area (Å²) >= 11 is 0. The number of hydrogen-bond acceptors (Lipinski definition) is 3. The van der Waals surface area contributed by atoms with Crippen molar-refractivity contribution < 1.29 is 14.3 Å². The molecule has 0 aliphatic heterocycles. The lowest BCUT2D eigenvalue weighted by molar-refractivity contribution is -0.111. The minimum Gasteiger partial charge on any atom is -0.508 e. The van der Waals surface area contributed by atoms with Crippen molar-refractivity contribution in [2.45, 2.75) is 0 Å². The van der Waals surface area contributed by atoms with E-state index in [0.29, 0.717) is 0 Å². The Labute approximate surface area is 109 Å². The van der Waals surface area contributed by atoms with E-state index in [1.54, 1.807) is 30.1 Å². The molecule has 98 valence electrons. The third kappa shape index (κ3) is 3.19. The lowest BCUT2D eigenvalue weighted by atomic mass is 10.3. The van der Waals surface area contributed by atoms with Crippen molar-refractivity contribution >= 4 is 17.7 Å². The van der Waals surface area contributed by atoms with Crippen LogP contribution in [-0.4, -0.2) is 20.8 Å². The molecule has 2 rings (SSSR count). The summed E-state index contributed by atoms with van der Waals surface area (Å²) in [6.07, 6.45) is 4.46. The van der Waals surface area contributed by atoms with Gasteiger partial charge in [0.1, 0.15) is 11.6 Å². The first-order valence-electron chi connectivity index (χ1n) is 5.52. The molecule has 1 aromatic heterocycles. The molecule has 2 aromatic rings. The Morgan fingerprint density at radius 3 is 2.89 bits per heavy atom. The zero-order valence-corrected chi connectivity index (χ0v) is 10.2. The number of phenols is 1.